The SMILES string of the molecule is Cc1ccc(C(=O)OCC(=O)N[C@@H](C)c2ccc3c(c2)OCO3)cc1S(=O)(=O)N1CCCCC1. The molecule has 1 N–H and O–H groups in total. The lowest BCUT2D eigenvalue weighted by Crippen LogP contribution is -2.36. The van der Waals surface area contributed by atoms with Crippen LogP contribution in [-0.4, -0.2) is 51.1 Å². The summed E-state index contributed by atoms with van der Waals surface area (Å²) >= 11 is 0. The number of hydrogen-bond acceptors (Lipinski definition) is 7. The van der Waals surface area contributed by atoms with E-state index in [0.717, 1.165) is 24.8 Å². The number of benzene rings is 2. The smallest absolute Gasteiger partial charge is 0.338 e. The fourth-order valence-electron chi connectivity index (χ4n) is 4.01. The second-order valence-electron chi connectivity index (χ2n) is 8.42. The highest BCUT2D eigenvalue weighted by molar-refractivity contribution is 7.89. The predicted octanol–water partition coefficient (Wildman–Crippen LogP) is 2.93. The Morgan fingerprint density at radius 1 is 1.06 bits per heavy atom. The first-order chi connectivity index (χ1) is 16.3. The lowest BCUT2D eigenvalue weighted by atomic mass is 10.1. The van der Waals surface area contributed by atoms with Gasteiger partial charge in [0.2, 0.25) is 16.8 Å². The normalized spacial score (nSPS) is 16.6. The Morgan fingerprint density at radius 2 is 1.79 bits per heavy atom. The van der Waals surface area contributed by atoms with Crippen LogP contribution in [0.3, 0.4) is 0 Å². The lowest BCUT2D eigenvalue weighted by molar-refractivity contribution is -0.124. The number of rotatable bonds is 7. The fraction of sp³-hybridized carbons (Fsp3) is 0.417. The van der Waals surface area contributed by atoms with E-state index in [-0.39, 0.29) is 23.3 Å². The summed E-state index contributed by atoms with van der Waals surface area (Å²) in [6.07, 6.45) is 2.65. The second kappa shape index (κ2) is 10.0. The molecule has 0 aliphatic carbocycles. The molecule has 34 heavy (non-hydrogen) atoms. The molecule has 9 nitrogen and oxygen atoms in total. The second-order valence-corrected chi connectivity index (χ2v) is 10.3. The van der Waals surface area contributed by atoms with Gasteiger partial charge in [-0.2, -0.15) is 4.31 Å². The van der Waals surface area contributed by atoms with Crippen LogP contribution in [0.2, 0.25) is 0 Å². The zero-order chi connectivity index (χ0) is 24.3. The molecule has 182 valence electrons. The quantitative estimate of drug-likeness (QED) is 0.597. The van der Waals surface area contributed by atoms with E-state index >= 15 is 0 Å². The van der Waals surface area contributed by atoms with Gasteiger partial charge in [-0.3, -0.25) is 4.79 Å². The molecule has 2 aliphatic heterocycles. The van der Waals surface area contributed by atoms with E-state index in [4.69, 9.17) is 14.2 Å². The van der Waals surface area contributed by atoms with Gasteiger partial charge in [-0.1, -0.05) is 18.6 Å². The van der Waals surface area contributed by atoms with Crippen molar-refractivity contribution in [1.29, 1.82) is 0 Å². The molecule has 4 rings (SSSR count). The summed E-state index contributed by atoms with van der Waals surface area (Å²) in [5, 5.41) is 2.77. The minimum atomic E-state index is -3.70. The van der Waals surface area contributed by atoms with Crippen molar-refractivity contribution in [2.75, 3.05) is 26.5 Å². The predicted molar refractivity (Wildman–Crippen MR) is 123 cm³/mol. The van der Waals surface area contributed by atoms with Gasteiger partial charge in [0.15, 0.2) is 18.1 Å². The number of amides is 1. The van der Waals surface area contributed by atoms with E-state index < -0.39 is 28.5 Å². The Balaban J connectivity index is 1.37. The maximum Gasteiger partial charge on any atom is 0.338 e. The van der Waals surface area contributed by atoms with E-state index in [9.17, 15) is 18.0 Å². The fourth-order valence-corrected chi connectivity index (χ4v) is 5.78. The van der Waals surface area contributed by atoms with Gasteiger partial charge in [0, 0.05) is 13.1 Å². The summed E-state index contributed by atoms with van der Waals surface area (Å²) in [7, 11) is -3.70. The average molecular weight is 489 g/mol. The Hall–Kier alpha value is -3.11. The number of aryl methyl sites for hydroxylation is 1. The van der Waals surface area contributed by atoms with Crippen LogP contribution in [0.25, 0.3) is 0 Å². The van der Waals surface area contributed by atoms with Crippen molar-refractivity contribution < 1.29 is 32.2 Å². The van der Waals surface area contributed by atoms with Gasteiger partial charge in [-0.05, 0) is 62.1 Å². The van der Waals surface area contributed by atoms with Gasteiger partial charge in [0.25, 0.3) is 5.91 Å². The molecule has 10 heteroatoms. The number of ether oxygens (including phenoxy) is 3. The molecule has 0 spiro atoms. The van der Waals surface area contributed by atoms with Crippen LogP contribution in [0.1, 0.15) is 53.7 Å². The molecular weight excluding hydrogens is 460 g/mol. The van der Waals surface area contributed by atoms with Gasteiger partial charge in [0.05, 0.1) is 16.5 Å². The van der Waals surface area contributed by atoms with E-state index in [2.05, 4.69) is 5.32 Å². The summed E-state index contributed by atoms with van der Waals surface area (Å²) in [6.45, 7) is 4.10. The molecule has 1 amide bonds. The lowest BCUT2D eigenvalue weighted by Gasteiger charge is -2.26. The van der Waals surface area contributed by atoms with Crippen LogP contribution in [0.4, 0.5) is 0 Å². The van der Waals surface area contributed by atoms with Crippen LogP contribution >= 0.6 is 0 Å². The number of fused-ring (bicyclic) bond motifs is 1. The highest BCUT2D eigenvalue weighted by Crippen LogP contribution is 2.34. The Kier molecular flexibility index (Phi) is 7.08. The van der Waals surface area contributed by atoms with Gasteiger partial charge >= 0.3 is 5.97 Å². The minimum Gasteiger partial charge on any atom is -0.454 e. The molecule has 2 aliphatic rings. The summed E-state index contributed by atoms with van der Waals surface area (Å²) < 4.78 is 43.4. The number of carbonyl (C=O) groups is 2. The monoisotopic (exact) mass is 488 g/mol. The zero-order valence-electron chi connectivity index (χ0n) is 19.2. The summed E-state index contributed by atoms with van der Waals surface area (Å²) in [5.74, 6) is 0.0171. The highest BCUT2D eigenvalue weighted by atomic mass is 32.2. The average Bonchev–Trinajstić information content (AvgIpc) is 3.31. The number of sulfonamides is 1. The van der Waals surface area contributed by atoms with Gasteiger partial charge < -0.3 is 19.5 Å². The molecule has 2 aromatic rings. The number of nitrogens with one attached hydrogen (secondary N) is 1. The standard InChI is InChI=1S/C24H28N2O7S/c1-16-6-7-19(13-22(16)34(29,30)26-10-4-3-5-11-26)24(28)31-14-23(27)25-17(2)18-8-9-20-21(12-18)33-15-32-20/h6-9,12-13,17H,3-5,10-11,14-15H2,1-2H3,(H,25,27)/t17-/m0/s1. The van der Waals surface area contributed by atoms with Crippen LogP contribution in [0, 0.1) is 6.92 Å². The third-order valence-corrected chi connectivity index (χ3v) is 8.01. The van der Waals surface area contributed by atoms with Crippen LogP contribution in [0.5, 0.6) is 11.5 Å². The van der Waals surface area contributed by atoms with E-state index in [0.29, 0.717) is 30.2 Å². The minimum absolute atomic E-state index is 0.0813. The van der Waals surface area contributed by atoms with E-state index in [1.54, 1.807) is 32.0 Å². The Labute approximate surface area is 199 Å². The van der Waals surface area contributed by atoms with Crippen molar-refractivity contribution in [3.63, 3.8) is 0 Å². The first-order valence-corrected chi connectivity index (χ1v) is 12.7. The molecule has 1 fully saturated rings. The van der Waals surface area contributed by atoms with Gasteiger partial charge in [-0.25, -0.2) is 13.2 Å². The van der Waals surface area contributed by atoms with E-state index in [1.807, 2.05) is 6.07 Å². The number of hydrogen-bond donors (Lipinski definition) is 1. The maximum atomic E-state index is 13.1. The first-order valence-electron chi connectivity index (χ1n) is 11.2. The number of carbonyl (C=O) groups excluding carboxylic acids is 2. The Bertz CT molecular complexity index is 1190. The molecule has 0 aromatic heterocycles. The molecule has 2 aromatic carbocycles. The number of esters is 1. The first kappa shape index (κ1) is 24.0. The summed E-state index contributed by atoms with van der Waals surface area (Å²) in [5.41, 5.74) is 1.45. The topological polar surface area (TPSA) is 111 Å². The van der Waals surface area contributed by atoms with Crippen LogP contribution < -0.4 is 14.8 Å². The van der Waals surface area contributed by atoms with Crippen molar-refractivity contribution >= 4 is 21.9 Å². The van der Waals surface area contributed by atoms with Crippen LogP contribution in [0.15, 0.2) is 41.3 Å². The van der Waals surface area contributed by atoms with Gasteiger partial charge in [-0.15, -0.1) is 0 Å². The molecule has 0 unspecified atom stereocenters. The molecule has 0 radical (unpaired) electrons. The van der Waals surface area contributed by atoms with Crippen molar-refractivity contribution in [1.82, 2.24) is 9.62 Å². The van der Waals surface area contributed by atoms with Crippen molar-refractivity contribution in [2.45, 2.75) is 44.0 Å². The zero-order valence-corrected chi connectivity index (χ0v) is 20.0. The Morgan fingerprint density at radius 3 is 2.56 bits per heavy atom. The van der Waals surface area contributed by atoms with E-state index in [1.165, 1.54) is 16.4 Å². The third-order valence-electron chi connectivity index (χ3n) is 5.97. The largest absolute Gasteiger partial charge is 0.454 e. The maximum absolute atomic E-state index is 13.1. The molecule has 0 saturated carbocycles. The summed E-state index contributed by atoms with van der Waals surface area (Å²) in [4.78, 5) is 25.0. The van der Waals surface area contributed by atoms with Crippen molar-refractivity contribution in [2.24, 2.45) is 0 Å². The van der Waals surface area contributed by atoms with Crippen LogP contribution in [-0.2, 0) is 19.6 Å². The van der Waals surface area contributed by atoms with Gasteiger partial charge in [0.1, 0.15) is 0 Å². The number of piperidine rings is 1. The molecule has 1 saturated heterocycles. The van der Waals surface area contributed by atoms with Crippen molar-refractivity contribution in [3.8, 4) is 11.5 Å². The number of nitrogens with zero attached hydrogens (tertiary/aromatic N) is 1. The molecule has 2 heterocycles. The molecule has 1 atom stereocenters. The summed E-state index contributed by atoms with van der Waals surface area (Å²) in [6, 6.07) is 9.44. The molecule has 0 bridgehead atoms. The molecular formula is C24H28N2O7S. The van der Waals surface area contributed by atoms with Crippen molar-refractivity contribution in [3.05, 3.63) is 53.1 Å². The third kappa shape index (κ3) is 5.18. The highest BCUT2D eigenvalue weighted by Gasteiger charge is 2.28.